The van der Waals surface area contributed by atoms with Gasteiger partial charge >= 0.3 is 0 Å². The maximum atomic E-state index is 13.1. The molecule has 25 heavy (non-hydrogen) atoms. The number of aryl methyl sites for hydroxylation is 2. The summed E-state index contributed by atoms with van der Waals surface area (Å²) in [6.07, 6.45) is 2.65. The van der Waals surface area contributed by atoms with Crippen LogP contribution in [0.5, 0.6) is 0 Å². The predicted octanol–water partition coefficient (Wildman–Crippen LogP) is 3.48. The minimum Gasteiger partial charge on any atom is -0.315 e. The van der Waals surface area contributed by atoms with Crippen molar-refractivity contribution >= 4 is 28.3 Å². The van der Waals surface area contributed by atoms with Crippen LogP contribution in [0, 0.1) is 6.92 Å². The van der Waals surface area contributed by atoms with E-state index in [4.69, 9.17) is 11.6 Å². The van der Waals surface area contributed by atoms with Gasteiger partial charge in [0.15, 0.2) is 0 Å². The smallest absolute Gasteiger partial charge is 0.262 e. The average Bonchev–Trinajstić information content (AvgIpc) is 2.95. The van der Waals surface area contributed by atoms with E-state index in [1.54, 1.807) is 28.3 Å². The molecule has 3 aromatic heterocycles. The van der Waals surface area contributed by atoms with Crippen LogP contribution >= 0.6 is 11.6 Å². The van der Waals surface area contributed by atoms with Crippen molar-refractivity contribution in [2.45, 2.75) is 26.8 Å². The molecule has 0 saturated carbocycles. The Balaban J connectivity index is 2.20. The van der Waals surface area contributed by atoms with Crippen LogP contribution in [0.2, 0.25) is 5.02 Å². The third kappa shape index (κ3) is 2.59. The zero-order valence-corrected chi connectivity index (χ0v) is 14.7. The van der Waals surface area contributed by atoms with Gasteiger partial charge in [0, 0.05) is 23.3 Å². The molecule has 3 heterocycles. The van der Waals surface area contributed by atoms with Crippen molar-refractivity contribution in [3.63, 3.8) is 0 Å². The van der Waals surface area contributed by atoms with Gasteiger partial charge in [-0.05, 0) is 31.5 Å². The summed E-state index contributed by atoms with van der Waals surface area (Å²) in [4.78, 5) is 21.9. The van der Waals surface area contributed by atoms with E-state index in [9.17, 15) is 4.79 Å². The summed E-state index contributed by atoms with van der Waals surface area (Å²) in [5, 5.41) is 5.56. The second-order valence-corrected chi connectivity index (χ2v) is 6.35. The predicted molar refractivity (Wildman–Crippen MR) is 98.0 cm³/mol. The van der Waals surface area contributed by atoms with Crippen LogP contribution in [0.15, 0.2) is 41.3 Å². The fourth-order valence-corrected chi connectivity index (χ4v) is 3.23. The number of pyridine rings is 1. The van der Waals surface area contributed by atoms with E-state index < -0.39 is 0 Å². The topological polar surface area (TPSA) is 65.1 Å². The number of halogens is 1. The maximum Gasteiger partial charge on any atom is 0.262 e. The summed E-state index contributed by atoms with van der Waals surface area (Å²) < 4.78 is 3.33. The van der Waals surface area contributed by atoms with Gasteiger partial charge in [-0.25, -0.2) is 4.98 Å². The largest absolute Gasteiger partial charge is 0.315 e. The van der Waals surface area contributed by atoms with Crippen LogP contribution in [0.4, 0.5) is 0 Å². The minimum atomic E-state index is -0.0862. The van der Waals surface area contributed by atoms with Gasteiger partial charge in [0.25, 0.3) is 11.3 Å². The fourth-order valence-electron chi connectivity index (χ4n) is 3.04. The van der Waals surface area contributed by atoms with Crippen molar-refractivity contribution < 1.29 is 0 Å². The van der Waals surface area contributed by atoms with Crippen molar-refractivity contribution in [2.24, 2.45) is 0 Å². The Morgan fingerprint density at radius 2 is 2.04 bits per heavy atom. The summed E-state index contributed by atoms with van der Waals surface area (Å²) in [5.74, 6) is 1.06. The van der Waals surface area contributed by atoms with E-state index in [2.05, 4.69) is 15.1 Å². The molecule has 0 radical (unpaired) electrons. The van der Waals surface area contributed by atoms with Crippen molar-refractivity contribution in [1.29, 1.82) is 0 Å². The second kappa shape index (κ2) is 5.97. The first-order valence-electron chi connectivity index (χ1n) is 8.11. The Morgan fingerprint density at radius 1 is 1.20 bits per heavy atom. The van der Waals surface area contributed by atoms with Crippen molar-refractivity contribution in [2.75, 3.05) is 0 Å². The summed E-state index contributed by atoms with van der Waals surface area (Å²) in [6, 6.07) is 9.24. The van der Waals surface area contributed by atoms with E-state index in [1.807, 2.05) is 31.2 Å². The van der Waals surface area contributed by atoms with E-state index in [1.165, 1.54) is 0 Å². The maximum absolute atomic E-state index is 13.1. The summed E-state index contributed by atoms with van der Waals surface area (Å²) in [5.41, 5.74) is 1.99. The van der Waals surface area contributed by atoms with Gasteiger partial charge in [0.1, 0.15) is 5.82 Å². The summed E-state index contributed by atoms with van der Waals surface area (Å²) in [6.45, 7) is 4.49. The lowest BCUT2D eigenvalue weighted by molar-refractivity contribution is 0.659. The minimum absolute atomic E-state index is 0.0862. The molecule has 1 aromatic carbocycles. The number of hydrogen-bond donors (Lipinski definition) is 0. The molecule has 0 aliphatic rings. The molecule has 7 heteroatoms. The van der Waals surface area contributed by atoms with Gasteiger partial charge in [0.05, 0.1) is 16.6 Å². The molecule has 0 N–H and O–H groups in total. The van der Waals surface area contributed by atoms with Crippen molar-refractivity contribution in [3.8, 4) is 11.3 Å². The van der Waals surface area contributed by atoms with Crippen LogP contribution in [0.1, 0.15) is 19.2 Å². The van der Waals surface area contributed by atoms with Crippen LogP contribution in [0.3, 0.4) is 0 Å². The Morgan fingerprint density at radius 3 is 2.80 bits per heavy atom. The normalized spacial score (nSPS) is 11.5. The fraction of sp³-hybridized carbons (Fsp3) is 0.222. The van der Waals surface area contributed by atoms with E-state index in [-0.39, 0.29) is 5.56 Å². The molecule has 4 rings (SSSR count). The molecule has 0 fully saturated rings. The monoisotopic (exact) mass is 353 g/mol. The highest BCUT2D eigenvalue weighted by Gasteiger charge is 2.18. The number of benzene rings is 1. The molecule has 0 amide bonds. The molecule has 0 aliphatic heterocycles. The molecule has 6 nitrogen and oxygen atoms in total. The third-order valence-electron chi connectivity index (χ3n) is 4.07. The first-order valence-corrected chi connectivity index (χ1v) is 8.48. The Hall–Kier alpha value is -2.73. The second-order valence-electron chi connectivity index (χ2n) is 5.92. The lowest BCUT2D eigenvalue weighted by Crippen LogP contribution is -2.21. The number of rotatable bonds is 3. The molecular weight excluding hydrogens is 338 g/mol. The molecule has 0 bridgehead atoms. The van der Waals surface area contributed by atoms with Crippen molar-refractivity contribution in [3.05, 3.63) is 57.7 Å². The van der Waals surface area contributed by atoms with Gasteiger partial charge in [0.2, 0.25) is 0 Å². The Bertz CT molecular complexity index is 1160. The highest BCUT2D eigenvalue weighted by Crippen LogP contribution is 2.28. The molecule has 4 aromatic rings. The average molecular weight is 354 g/mol. The van der Waals surface area contributed by atoms with Gasteiger partial charge in [-0.3, -0.25) is 4.79 Å². The molecule has 0 spiro atoms. The first-order chi connectivity index (χ1) is 12.1. The SMILES string of the molecule is CCCn1ccc2nc3nc(C)nn3c(-c3cccc(Cl)c3)c2c1=O. The van der Waals surface area contributed by atoms with Gasteiger partial charge < -0.3 is 4.57 Å². The highest BCUT2D eigenvalue weighted by molar-refractivity contribution is 6.30. The standard InChI is InChI=1S/C18H16ClN5O/c1-3-8-23-9-7-14-15(17(23)25)16(12-5-4-6-13(19)10-12)24-18(21-14)20-11(2)22-24/h4-7,9-10H,3,8H2,1-2H3. The molecule has 0 atom stereocenters. The lowest BCUT2D eigenvalue weighted by atomic mass is 10.1. The summed E-state index contributed by atoms with van der Waals surface area (Å²) in [7, 11) is 0. The molecule has 126 valence electrons. The molecule has 0 unspecified atom stereocenters. The van der Waals surface area contributed by atoms with Gasteiger partial charge in [-0.15, -0.1) is 5.10 Å². The number of fused-ring (bicyclic) bond motifs is 2. The zero-order chi connectivity index (χ0) is 17.6. The van der Waals surface area contributed by atoms with Crippen LogP contribution < -0.4 is 5.56 Å². The van der Waals surface area contributed by atoms with E-state index in [0.717, 1.165) is 12.0 Å². The van der Waals surface area contributed by atoms with Crippen LogP contribution in [-0.4, -0.2) is 24.1 Å². The molecule has 0 aliphatic carbocycles. The third-order valence-corrected chi connectivity index (χ3v) is 4.31. The molecular formula is C18H16ClN5O. The highest BCUT2D eigenvalue weighted by atomic mass is 35.5. The Labute approximate surface area is 148 Å². The number of hydrogen-bond acceptors (Lipinski definition) is 4. The van der Waals surface area contributed by atoms with Crippen LogP contribution in [-0.2, 0) is 6.54 Å². The number of aromatic nitrogens is 5. The van der Waals surface area contributed by atoms with Gasteiger partial charge in [-0.2, -0.15) is 9.50 Å². The quantitative estimate of drug-likeness (QED) is 0.565. The zero-order valence-electron chi connectivity index (χ0n) is 13.9. The van der Waals surface area contributed by atoms with E-state index in [0.29, 0.717) is 39.8 Å². The molecule has 0 saturated heterocycles. The van der Waals surface area contributed by atoms with Crippen molar-refractivity contribution in [1.82, 2.24) is 24.1 Å². The van der Waals surface area contributed by atoms with E-state index >= 15 is 0 Å². The van der Waals surface area contributed by atoms with Gasteiger partial charge in [-0.1, -0.05) is 30.7 Å². The first kappa shape index (κ1) is 15.8. The summed E-state index contributed by atoms with van der Waals surface area (Å²) >= 11 is 6.18. The van der Waals surface area contributed by atoms with Crippen LogP contribution in [0.25, 0.3) is 27.9 Å². The lowest BCUT2D eigenvalue weighted by Gasteiger charge is -2.11. The Kier molecular flexibility index (Phi) is 3.77. The number of nitrogens with zero attached hydrogens (tertiary/aromatic N) is 5.